The number of aliphatic hydroxyl groups is 1. The minimum Gasteiger partial charge on any atom is -0.466 e. The molecular formula is C8H14O3. The van der Waals surface area contributed by atoms with Crippen molar-refractivity contribution in [3.8, 4) is 0 Å². The Morgan fingerprint density at radius 3 is 2.64 bits per heavy atom. The van der Waals surface area contributed by atoms with Crippen molar-refractivity contribution in [3.05, 3.63) is 11.6 Å². The zero-order valence-corrected chi connectivity index (χ0v) is 7.13. The van der Waals surface area contributed by atoms with Crippen LogP contribution in [0.2, 0.25) is 0 Å². The molecule has 0 saturated carbocycles. The van der Waals surface area contributed by atoms with Gasteiger partial charge in [0, 0.05) is 5.57 Å². The lowest BCUT2D eigenvalue weighted by Crippen LogP contribution is -2.07. The van der Waals surface area contributed by atoms with Crippen LogP contribution in [0.1, 0.15) is 20.3 Å². The minimum atomic E-state index is -0.547. The van der Waals surface area contributed by atoms with E-state index in [1.807, 2.05) is 6.92 Å². The van der Waals surface area contributed by atoms with Crippen molar-refractivity contribution in [3.63, 3.8) is 0 Å². The van der Waals surface area contributed by atoms with E-state index in [4.69, 9.17) is 5.11 Å². The second-order valence-corrected chi connectivity index (χ2v) is 2.32. The Kier molecular flexibility index (Phi) is 4.54. The normalized spacial score (nSPS) is 14.4. The van der Waals surface area contributed by atoms with Gasteiger partial charge in [0.2, 0.25) is 0 Å². The molecular weight excluding hydrogens is 144 g/mol. The van der Waals surface area contributed by atoms with Gasteiger partial charge in [0.1, 0.15) is 0 Å². The topological polar surface area (TPSA) is 46.5 Å². The predicted octanol–water partition coefficient (Wildman–Crippen LogP) is 0.877. The van der Waals surface area contributed by atoms with E-state index in [2.05, 4.69) is 4.74 Å². The van der Waals surface area contributed by atoms with E-state index in [-0.39, 0.29) is 0 Å². The number of carbonyl (C=O) groups is 1. The molecule has 11 heavy (non-hydrogen) atoms. The summed E-state index contributed by atoms with van der Waals surface area (Å²) in [6.45, 7) is 3.45. The Morgan fingerprint density at radius 2 is 2.27 bits per heavy atom. The Morgan fingerprint density at radius 1 is 1.73 bits per heavy atom. The highest BCUT2D eigenvalue weighted by atomic mass is 16.5. The number of hydrogen-bond acceptors (Lipinski definition) is 3. The summed E-state index contributed by atoms with van der Waals surface area (Å²) in [6, 6.07) is 0. The van der Waals surface area contributed by atoms with E-state index >= 15 is 0 Å². The number of methoxy groups -OCH3 is 1. The van der Waals surface area contributed by atoms with Crippen LogP contribution in [0.15, 0.2) is 11.6 Å². The van der Waals surface area contributed by atoms with Gasteiger partial charge in [-0.3, -0.25) is 0 Å². The molecule has 0 aliphatic heterocycles. The standard InChI is InChI=1S/C8H14O3/c1-4-7(9)5-6(2)8(10)11-3/h5,7,9H,4H2,1-3H3. The smallest absolute Gasteiger partial charge is 0.333 e. The van der Waals surface area contributed by atoms with Crippen LogP contribution >= 0.6 is 0 Å². The fraction of sp³-hybridized carbons (Fsp3) is 0.625. The van der Waals surface area contributed by atoms with E-state index in [0.29, 0.717) is 12.0 Å². The van der Waals surface area contributed by atoms with Crippen molar-refractivity contribution >= 4 is 5.97 Å². The molecule has 0 aromatic rings. The molecule has 0 rings (SSSR count). The third-order valence-electron chi connectivity index (χ3n) is 1.37. The Balaban J connectivity index is 4.09. The lowest BCUT2D eigenvalue weighted by atomic mass is 10.2. The highest BCUT2D eigenvalue weighted by Gasteiger charge is 2.04. The van der Waals surface area contributed by atoms with Gasteiger partial charge in [0.05, 0.1) is 13.2 Å². The number of carbonyl (C=O) groups excluding carboxylic acids is 1. The highest BCUT2D eigenvalue weighted by Crippen LogP contribution is 2.00. The molecule has 1 N–H and O–H groups in total. The van der Waals surface area contributed by atoms with Crippen LogP contribution in [-0.2, 0) is 9.53 Å². The van der Waals surface area contributed by atoms with E-state index in [9.17, 15) is 4.79 Å². The number of aliphatic hydroxyl groups excluding tert-OH is 1. The summed E-state index contributed by atoms with van der Waals surface area (Å²) in [4.78, 5) is 10.8. The molecule has 0 amide bonds. The van der Waals surface area contributed by atoms with Gasteiger partial charge >= 0.3 is 5.97 Å². The molecule has 0 aliphatic carbocycles. The van der Waals surface area contributed by atoms with E-state index < -0.39 is 12.1 Å². The molecule has 0 bridgehead atoms. The maximum atomic E-state index is 10.8. The zero-order valence-electron chi connectivity index (χ0n) is 7.13. The number of hydrogen-bond donors (Lipinski definition) is 1. The Bertz CT molecular complexity index is 161. The molecule has 0 heterocycles. The number of ether oxygens (including phenoxy) is 1. The van der Waals surface area contributed by atoms with Crippen LogP contribution < -0.4 is 0 Å². The van der Waals surface area contributed by atoms with E-state index in [1.54, 1.807) is 6.92 Å². The first kappa shape index (κ1) is 10.2. The van der Waals surface area contributed by atoms with Crippen LogP contribution in [0.4, 0.5) is 0 Å². The molecule has 1 unspecified atom stereocenters. The van der Waals surface area contributed by atoms with E-state index in [0.717, 1.165) is 0 Å². The second-order valence-electron chi connectivity index (χ2n) is 2.32. The van der Waals surface area contributed by atoms with Gasteiger partial charge in [0.25, 0.3) is 0 Å². The van der Waals surface area contributed by atoms with Gasteiger partial charge in [-0.25, -0.2) is 4.79 Å². The van der Waals surface area contributed by atoms with Crippen LogP contribution in [0.5, 0.6) is 0 Å². The summed E-state index contributed by atoms with van der Waals surface area (Å²) < 4.78 is 4.44. The lowest BCUT2D eigenvalue weighted by molar-refractivity contribution is -0.136. The van der Waals surface area contributed by atoms with Gasteiger partial charge in [-0.05, 0) is 19.4 Å². The monoisotopic (exact) mass is 158 g/mol. The summed E-state index contributed by atoms with van der Waals surface area (Å²) in [6.07, 6.45) is 1.55. The van der Waals surface area contributed by atoms with Crippen molar-refractivity contribution in [2.45, 2.75) is 26.4 Å². The average Bonchev–Trinajstić information content (AvgIpc) is 2.02. The maximum absolute atomic E-state index is 10.8. The molecule has 64 valence electrons. The van der Waals surface area contributed by atoms with Gasteiger partial charge in [-0.2, -0.15) is 0 Å². The molecule has 3 nitrogen and oxygen atoms in total. The summed E-state index contributed by atoms with van der Waals surface area (Å²) in [5.41, 5.74) is 0.446. The largest absolute Gasteiger partial charge is 0.466 e. The Hall–Kier alpha value is -0.830. The van der Waals surface area contributed by atoms with Crippen molar-refractivity contribution in [1.82, 2.24) is 0 Å². The molecule has 3 heteroatoms. The summed E-state index contributed by atoms with van der Waals surface area (Å²) >= 11 is 0. The van der Waals surface area contributed by atoms with Gasteiger partial charge in [-0.1, -0.05) is 6.92 Å². The van der Waals surface area contributed by atoms with Crippen molar-refractivity contribution in [2.24, 2.45) is 0 Å². The maximum Gasteiger partial charge on any atom is 0.333 e. The first-order valence-electron chi connectivity index (χ1n) is 3.56. The van der Waals surface area contributed by atoms with Crippen LogP contribution in [0.25, 0.3) is 0 Å². The fourth-order valence-corrected chi connectivity index (χ4v) is 0.635. The van der Waals surface area contributed by atoms with Crippen LogP contribution in [0.3, 0.4) is 0 Å². The van der Waals surface area contributed by atoms with Crippen molar-refractivity contribution in [2.75, 3.05) is 7.11 Å². The molecule has 1 atom stereocenters. The SMILES string of the molecule is CCC(O)C=C(C)C(=O)OC. The first-order valence-corrected chi connectivity index (χ1v) is 3.56. The first-order chi connectivity index (χ1) is 5.11. The molecule has 0 aromatic heterocycles. The predicted molar refractivity (Wildman–Crippen MR) is 42.1 cm³/mol. The molecule has 0 aromatic carbocycles. The third kappa shape index (κ3) is 3.78. The number of esters is 1. The fourth-order valence-electron chi connectivity index (χ4n) is 0.635. The highest BCUT2D eigenvalue weighted by molar-refractivity contribution is 5.87. The summed E-state index contributed by atoms with van der Waals surface area (Å²) in [7, 11) is 1.32. The molecule has 0 radical (unpaired) electrons. The number of rotatable bonds is 3. The van der Waals surface area contributed by atoms with Crippen molar-refractivity contribution in [1.29, 1.82) is 0 Å². The average molecular weight is 158 g/mol. The van der Waals surface area contributed by atoms with Gasteiger partial charge < -0.3 is 9.84 Å². The van der Waals surface area contributed by atoms with Crippen LogP contribution in [0, 0.1) is 0 Å². The minimum absolute atomic E-state index is 0.391. The molecule has 0 aliphatic rings. The third-order valence-corrected chi connectivity index (χ3v) is 1.37. The molecule has 0 spiro atoms. The quantitative estimate of drug-likeness (QED) is 0.490. The molecule has 0 fully saturated rings. The summed E-state index contributed by atoms with van der Waals surface area (Å²) in [5.74, 6) is -0.391. The van der Waals surface area contributed by atoms with E-state index in [1.165, 1.54) is 13.2 Å². The lowest BCUT2D eigenvalue weighted by Gasteiger charge is -2.02. The Labute approximate surface area is 66.7 Å². The van der Waals surface area contributed by atoms with Gasteiger partial charge in [0.15, 0.2) is 0 Å². The molecule has 0 saturated heterocycles. The second kappa shape index (κ2) is 4.91. The van der Waals surface area contributed by atoms with Crippen molar-refractivity contribution < 1.29 is 14.6 Å². The van der Waals surface area contributed by atoms with Gasteiger partial charge in [-0.15, -0.1) is 0 Å². The zero-order chi connectivity index (χ0) is 8.85. The van der Waals surface area contributed by atoms with Crippen LogP contribution in [-0.4, -0.2) is 24.3 Å². The summed E-state index contributed by atoms with van der Waals surface area (Å²) in [5, 5.41) is 9.09.